The lowest BCUT2D eigenvalue weighted by Crippen LogP contribution is -2.35. The van der Waals surface area contributed by atoms with Crippen LogP contribution in [0.2, 0.25) is 0 Å². The summed E-state index contributed by atoms with van der Waals surface area (Å²) in [4.78, 5) is 34.8. The Bertz CT molecular complexity index is 769. The SMILES string of the molecule is CNC(=O)/C(F)=C\N(C=O)[C@@H]1O[C@H](COP(N[C@H](C)C=O)Oc2ccccc2)C[C@@H]1C. The van der Waals surface area contributed by atoms with E-state index >= 15 is 0 Å². The molecule has 0 radical (unpaired) electrons. The Morgan fingerprint density at radius 1 is 1.39 bits per heavy atom. The largest absolute Gasteiger partial charge is 0.436 e. The molecule has 31 heavy (non-hydrogen) atoms. The lowest BCUT2D eigenvalue weighted by atomic mass is 10.1. The first-order valence-corrected chi connectivity index (χ1v) is 10.9. The zero-order chi connectivity index (χ0) is 22.8. The van der Waals surface area contributed by atoms with Crippen LogP contribution in [0.4, 0.5) is 4.39 Å². The van der Waals surface area contributed by atoms with Gasteiger partial charge in [0, 0.05) is 13.0 Å². The molecular formula is C20H27FN3O6P. The van der Waals surface area contributed by atoms with E-state index in [0.29, 0.717) is 18.6 Å². The highest BCUT2D eigenvalue weighted by atomic mass is 31.2. The van der Waals surface area contributed by atoms with E-state index in [4.69, 9.17) is 13.8 Å². The molecule has 1 aliphatic rings. The topological polar surface area (TPSA) is 106 Å². The number of amides is 2. The number of rotatable bonds is 12. The third-order valence-electron chi connectivity index (χ3n) is 4.40. The van der Waals surface area contributed by atoms with Crippen LogP contribution in [0.25, 0.3) is 0 Å². The number of halogens is 1. The Balaban J connectivity index is 1.98. The smallest absolute Gasteiger partial charge is 0.318 e. The standard InChI is InChI=1S/C20H27FN3O6P/c1-14-9-17(29-20(14)24(13-26)10-18(21)19(27)22-3)12-28-31(23-15(2)11-25)30-16-7-5-4-6-8-16/h4-8,10-11,13-15,17,20,23H,9,12H2,1-3H3,(H,22,27)/b18-10+/t14-,15+,17-,20+,31?/m0/s1. The number of benzene rings is 1. The van der Waals surface area contributed by atoms with Gasteiger partial charge in [0.15, 0.2) is 0 Å². The number of para-hydroxylation sites is 1. The van der Waals surface area contributed by atoms with Crippen LogP contribution in [-0.2, 0) is 23.6 Å². The van der Waals surface area contributed by atoms with Crippen molar-refractivity contribution in [2.75, 3.05) is 13.7 Å². The molecule has 5 atom stereocenters. The molecule has 0 spiro atoms. The van der Waals surface area contributed by atoms with Crippen molar-refractivity contribution in [2.45, 2.75) is 38.6 Å². The molecule has 1 fully saturated rings. The number of hydrogen-bond acceptors (Lipinski definition) is 7. The lowest BCUT2D eigenvalue weighted by Gasteiger charge is -2.25. The van der Waals surface area contributed by atoms with Gasteiger partial charge >= 0.3 is 8.53 Å². The molecule has 1 unspecified atom stereocenters. The molecular weight excluding hydrogens is 428 g/mol. The van der Waals surface area contributed by atoms with Crippen LogP contribution in [0.1, 0.15) is 20.3 Å². The molecule has 1 aromatic carbocycles. The van der Waals surface area contributed by atoms with Crippen LogP contribution in [0.3, 0.4) is 0 Å². The van der Waals surface area contributed by atoms with Crippen molar-refractivity contribution in [1.29, 1.82) is 0 Å². The van der Waals surface area contributed by atoms with E-state index in [2.05, 4.69) is 10.4 Å². The van der Waals surface area contributed by atoms with E-state index in [0.717, 1.165) is 17.4 Å². The van der Waals surface area contributed by atoms with Gasteiger partial charge in [0.05, 0.1) is 25.0 Å². The minimum Gasteiger partial charge on any atom is -0.436 e. The van der Waals surface area contributed by atoms with E-state index < -0.39 is 38.6 Å². The summed E-state index contributed by atoms with van der Waals surface area (Å²) in [5.74, 6) is -1.58. The van der Waals surface area contributed by atoms with Crippen LogP contribution in [0, 0.1) is 5.92 Å². The monoisotopic (exact) mass is 455 g/mol. The predicted octanol–water partition coefficient (Wildman–Crippen LogP) is 2.25. The fraction of sp³-hybridized carbons (Fsp3) is 0.450. The van der Waals surface area contributed by atoms with Crippen molar-refractivity contribution in [1.82, 2.24) is 15.3 Å². The van der Waals surface area contributed by atoms with Crippen molar-refractivity contribution in [3.05, 3.63) is 42.4 Å². The summed E-state index contributed by atoms with van der Waals surface area (Å²) in [6.07, 6.45) is 1.37. The third-order valence-corrected chi connectivity index (χ3v) is 5.78. The van der Waals surface area contributed by atoms with Crippen molar-refractivity contribution in [2.24, 2.45) is 5.92 Å². The fourth-order valence-electron chi connectivity index (χ4n) is 2.88. The molecule has 1 heterocycles. The maximum absolute atomic E-state index is 13.8. The molecule has 1 saturated heterocycles. The summed E-state index contributed by atoms with van der Waals surface area (Å²) in [7, 11) is -0.350. The highest BCUT2D eigenvalue weighted by Crippen LogP contribution is 2.38. The summed E-state index contributed by atoms with van der Waals surface area (Å²) in [6, 6.07) is 8.55. The van der Waals surface area contributed by atoms with Gasteiger partial charge in [-0.05, 0) is 25.5 Å². The van der Waals surface area contributed by atoms with Gasteiger partial charge in [-0.25, -0.2) is 5.09 Å². The second kappa shape index (κ2) is 12.5. The van der Waals surface area contributed by atoms with Crippen molar-refractivity contribution < 1.29 is 32.6 Å². The van der Waals surface area contributed by atoms with Gasteiger partial charge in [-0.15, -0.1) is 0 Å². The summed E-state index contributed by atoms with van der Waals surface area (Å²) >= 11 is 0. The number of nitrogens with one attached hydrogen (secondary N) is 2. The minimum atomic E-state index is -1.64. The first-order chi connectivity index (χ1) is 14.9. The normalized spacial score (nSPS) is 23.0. The Morgan fingerprint density at radius 2 is 2.10 bits per heavy atom. The van der Waals surface area contributed by atoms with Crippen molar-refractivity contribution in [3.63, 3.8) is 0 Å². The molecule has 0 aromatic heterocycles. The average molecular weight is 455 g/mol. The third kappa shape index (κ3) is 7.66. The maximum atomic E-state index is 13.8. The molecule has 2 rings (SSSR count). The molecule has 0 aliphatic carbocycles. The van der Waals surface area contributed by atoms with Gasteiger partial charge in [-0.2, -0.15) is 4.39 Å². The van der Waals surface area contributed by atoms with Gasteiger partial charge in [-0.1, -0.05) is 25.1 Å². The summed E-state index contributed by atoms with van der Waals surface area (Å²) in [5.41, 5.74) is 0. The highest BCUT2D eigenvalue weighted by molar-refractivity contribution is 7.45. The molecule has 0 saturated carbocycles. The molecule has 1 aromatic rings. The number of hydrogen-bond donors (Lipinski definition) is 2. The number of ether oxygens (including phenoxy) is 1. The molecule has 170 valence electrons. The van der Waals surface area contributed by atoms with Gasteiger partial charge in [-0.3, -0.25) is 14.5 Å². The van der Waals surface area contributed by atoms with Crippen molar-refractivity contribution >= 4 is 27.1 Å². The Morgan fingerprint density at radius 3 is 2.71 bits per heavy atom. The number of likely N-dealkylation sites (N-methyl/N-ethyl adjacent to an activating group) is 1. The molecule has 11 heteroatoms. The van der Waals surface area contributed by atoms with Crippen LogP contribution < -0.4 is 14.9 Å². The molecule has 0 bridgehead atoms. The Kier molecular flexibility index (Phi) is 10.00. The summed E-state index contributed by atoms with van der Waals surface area (Å²) in [5, 5.41) is 5.12. The quantitative estimate of drug-likeness (QED) is 0.283. The second-order valence-electron chi connectivity index (χ2n) is 6.98. The first-order valence-electron chi connectivity index (χ1n) is 9.73. The van der Waals surface area contributed by atoms with E-state index in [1.54, 1.807) is 19.1 Å². The zero-order valence-corrected chi connectivity index (χ0v) is 18.5. The maximum Gasteiger partial charge on any atom is 0.318 e. The van der Waals surface area contributed by atoms with Crippen LogP contribution in [-0.4, -0.2) is 55.5 Å². The molecule has 1 aliphatic heterocycles. The Hall–Kier alpha value is -2.39. The molecule has 2 amide bonds. The van der Waals surface area contributed by atoms with Crippen LogP contribution in [0.5, 0.6) is 5.75 Å². The van der Waals surface area contributed by atoms with Gasteiger partial charge in [0.25, 0.3) is 5.91 Å². The zero-order valence-electron chi connectivity index (χ0n) is 17.6. The van der Waals surface area contributed by atoms with Gasteiger partial charge < -0.3 is 23.9 Å². The number of nitrogens with zero attached hydrogens (tertiary/aromatic N) is 1. The minimum absolute atomic E-state index is 0.129. The molecule has 2 N–H and O–H groups in total. The van der Waals surface area contributed by atoms with Gasteiger partial charge in [0.1, 0.15) is 18.3 Å². The number of carbonyl (C=O) groups excluding carboxylic acids is 3. The van der Waals surface area contributed by atoms with Crippen LogP contribution in [0.15, 0.2) is 42.4 Å². The first kappa shape index (κ1) is 24.9. The van der Waals surface area contributed by atoms with E-state index in [1.807, 2.05) is 25.1 Å². The summed E-state index contributed by atoms with van der Waals surface area (Å²) in [6.45, 7) is 3.66. The average Bonchev–Trinajstić information content (AvgIpc) is 3.15. The van der Waals surface area contributed by atoms with E-state index in [1.165, 1.54) is 7.05 Å². The van der Waals surface area contributed by atoms with Crippen LogP contribution >= 0.6 is 8.53 Å². The molecule has 9 nitrogen and oxygen atoms in total. The summed E-state index contributed by atoms with van der Waals surface area (Å²) < 4.78 is 31.3. The van der Waals surface area contributed by atoms with Crippen molar-refractivity contribution in [3.8, 4) is 5.75 Å². The lowest BCUT2D eigenvalue weighted by molar-refractivity contribution is -0.129. The Labute approximate surface area is 181 Å². The predicted molar refractivity (Wildman–Crippen MR) is 112 cm³/mol. The second-order valence-corrected chi connectivity index (χ2v) is 8.19. The van der Waals surface area contributed by atoms with E-state index in [-0.39, 0.29) is 12.5 Å². The van der Waals surface area contributed by atoms with E-state index in [9.17, 15) is 18.8 Å². The number of aldehydes is 1. The number of carbonyl (C=O) groups is 3. The van der Waals surface area contributed by atoms with Gasteiger partial charge in [0.2, 0.25) is 12.2 Å². The fourth-order valence-corrected chi connectivity index (χ4v) is 4.06. The highest BCUT2D eigenvalue weighted by Gasteiger charge is 2.36.